The van der Waals surface area contributed by atoms with Gasteiger partial charge in [-0.15, -0.1) is 11.3 Å². The van der Waals surface area contributed by atoms with Gasteiger partial charge in [-0.05, 0) is 25.3 Å². The van der Waals surface area contributed by atoms with E-state index in [0.29, 0.717) is 0 Å². The van der Waals surface area contributed by atoms with Crippen molar-refractivity contribution in [3.05, 3.63) is 17.3 Å². The molecule has 1 aliphatic heterocycles. The van der Waals surface area contributed by atoms with E-state index in [1.54, 1.807) is 24.7 Å². The summed E-state index contributed by atoms with van der Waals surface area (Å²) in [5, 5.41) is 3.82. The average molecular weight is 290 g/mol. The molecule has 1 saturated heterocycles. The number of nitrogens with zero attached hydrogens (tertiary/aromatic N) is 3. The maximum Gasteiger partial charge on any atom is 0.242 e. The van der Waals surface area contributed by atoms with Gasteiger partial charge in [0.1, 0.15) is 23.0 Å². The summed E-state index contributed by atoms with van der Waals surface area (Å²) in [5.74, 6) is 0.970. The zero-order chi connectivity index (χ0) is 14.1. The number of hydrogen-bond donors (Lipinski definition) is 1. The molecule has 5 nitrogen and oxygen atoms in total. The lowest BCUT2D eigenvalue weighted by atomic mass is 10.2. The van der Waals surface area contributed by atoms with Gasteiger partial charge in [0.05, 0.1) is 5.39 Å². The Morgan fingerprint density at radius 2 is 2.40 bits per heavy atom. The van der Waals surface area contributed by atoms with Gasteiger partial charge in [0, 0.05) is 18.5 Å². The van der Waals surface area contributed by atoms with Crippen LogP contribution in [0.25, 0.3) is 10.2 Å². The molecule has 0 radical (unpaired) electrons. The van der Waals surface area contributed by atoms with Crippen molar-refractivity contribution in [2.75, 3.05) is 18.5 Å². The predicted molar refractivity (Wildman–Crippen MR) is 81.2 cm³/mol. The Labute approximate surface area is 122 Å². The number of aromatic nitrogens is 2. The third-order valence-corrected chi connectivity index (χ3v) is 4.97. The Morgan fingerprint density at radius 1 is 1.55 bits per heavy atom. The average Bonchev–Trinajstić information content (AvgIpc) is 3.11. The molecule has 1 aliphatic rings. The molecule has 0 spiro atoms. The molecular weight excluding hydrogens is 272 g/mol. The van der Waals surface area contributed by atoms with Gasteiger partial charge in [0.15, 0.2) is 0 Å². The first-order valence-electron chi connectivity index (χ1n) is 6.96. The van der Waals surface area contributed by atoms with Crippen LogP contribution in [0, 0.1) is 0 Å². The molecule has 106 valence electrons. The fourth-order valence-corrected chi connectivity index (χ4v) is 3.68. The molecule has 1 atom stereocenters. The molecule has 20 heavy (non-hydrogen) atoms. The summed E-state index contributed by atoms with van der Waals surface area (Å²) in [6.07, 6.45) is 4.51. The lowest BCUT2D eigenvalue weighted by Crippen LogP contribution is -2.42. The van der Waals surface area contributed by atoms with Crippen LogP contribution >= 0.6 is 11.3 Å². The highest BCUT2D eigenvalue weighted by Crippen LogP contribution is 2.33. The van der Waals surface area contributed by atoms with E-state index < -0.39 is 0 Å². The zero-order valence-electron chi connectivity index (χ0n) is 11.7. The van der Waals surface area contributed by atoms with Crippen LogP contribution in [-0.2, 0) is 11.2 Å². The van der Waals surface area contributed by atoms with Crippen molar-refractivity contribution in [3.8, 4) is 0 Å². The maximum absolute atomic E-state index is 12.0. The Hall–Kier alpha value is -1.69. The molecule has 0 bridgehead atoms. The van der Waals surface area contributed by atoms with Crippen molar-refractivity contribution in [1.29, 1.82) is 0 Å². The summed E-state index contributed by atoms with van der Waals surface area (Å²) in [5.41, 5.74) is 0. The maximum atomic E-state index is 12.0. The Bertz CT molecular complexity index is 639. The summed E-state index contributed by atoms with van der Waals surface area (Å²) in [6, 6.07) is 2.05. The van der Waals surface area contributed by atoms with E-state index in [9.17, 15) is 4.79 Å². The fourth-order valence-electron chi connectivity index (χ4n) is 2.76. The van der Waals surface area contributed by atoms with Crippen LogP contribution in [0.15, 0.2) is 12.4 Å². The minimum Gasteiger partial charge on any atom is -0.357 e. The summed E-state index contributed by atoms with van der Waals surface area (Å²) in [6.45, 7) is 3.02. The van der Waals surface area contributed by atoms with Crippen molar-refractivity contribution >= 4 is 33.3 Å². The second kappa shape index (κ2) is 5.36. The molecule has 3 rings (SSSR count). The Balaban J connectivity index is 2.04. The van der Waals surface area contributed by atoms with E-state index in [0.717, 1.165) is 41.8 Å². The highest BCUT2D eigenvalue weighted by Gasteiger charge is 2.32. The lowest BCUT2D eigenvalue weighted by Gasteiger charge is -2.24. The van der Waals surface area contributed by atoms with Crippen LogP contribution in [0.4, 0.5) is 5.82 Å². The van der Waals surface area contributed by atoms with Gasteiger partial charge in [0.25, 0.3) is 0 Å². The summed E-state index contributed by atoms with van der Waals surface area (Å²) in [4.78, 5) is 25.2. The van der Waals surface area contributed by atoms with E-state index >= 15 is 0 Å². The third kappa shape index (κ3) is 2.14. The molecule has 0 aliphatic carbocycles. The van der Waals surface area contributed by atoms with Crippen LogP contribution in [0.5, 0.6) is 0 Å². The summed E-state index contributed by atoms with van der Waals surface area (Å²) in [7, 11) is 1.69. The fraction of sp³-hybridized carbons (Fsp3) is 0.500. The van der Waals surface area contributed by atoms with Gasteiger partial charge in [-0.1, -0.05) is 6.92 Å². The lowest BCUT2D eigenvalue weighted by molar-refractivity contribution is -0.121. The molecule has 2 aromatic heterocycles. The molecule has 0 aromatic carbocycles. The van der Waals surface area contributed by atoms with Gasteiger partial charge < -0.3 is 10.2 Å². The predicted octanol–water partition coefficient (Wildman–Crippen LogP) is 1.97. The van der Waals surface area contributed by atoms with Crippen LogP contribution in [-0.4, -0.2) is 35.5 Å². The number of fused-ring (bicyclic) bond motifs is 1. The minimum absolute atomic E-state index is 0.0696. The van der Waals surface area contributed by atoms with Crippen LogP contribution < -0.4 is 10.2 Å². The molecule has 1 amide bonds. The van der Waals surface area contributed by atoms with Crippen molar-refractivity contribution < 1.29 is 4.79 Å². The van der Waals surface area contributed by atoms with E-state index in [4.69, 9.17) is 0 Å². The van der Waals surface area contributed by atoms with Crippen molar-refractivity contribution in [3.63, 3.8) is 0 Å². The number of aryl methyl sites for hydroxylation is 1. The minimum atomic E-state index is -0.108. The number of nitrogens with one attached hydrogen (secondary N) is 1. The molecule has 1 unspecified atom stereocenters. The smallest absolute Gasteiger partial charge is 0.242 e. The number of carbonyl (C=O) groups excluding carboxylic acids is 1. The Kier molecular flexibility index (Phi) is 3.56. The van der Waals surface area contributed by atoms with Gasteiger partial charge in [0.2, 0.25) is 5.91 Å². The zero-order valence-corrected chi connectivity index (χ0v) is 12.5. The standard InChI is InChI=1S/C14H18N4OS/c1-3-9-7-10-12(16-8-17-14(10)20-9)18-6-4-5-11(18)13(19)15-2/h7-8,11H,3-6H2,1-2H3,(H,15,19). The number of hydrogen-bond acceptors (Lipinski definition) is 5. The normalized spacial score (nSPS) is 18.7. The first-order valence-corrected chi connectivity index (χ1v) is 7.78. The molecule has 0 saturated carbocycles. The quantitative estimate of drug-likeness (QED) is 0.939. The summed E-state index contributed by atoms with van der Waals surface area (Å²) < 4.78 is 0. The second-order valence-electron chi connectivity index (χ2n) is 4.95. The number of likely N-dealkylation sites (N-methyl/N-ethyl adjacent to an activating group) is 1. The molecule has 3 heterocycles. The highest BCUT2D eigenvalue weighted by atomic mass is 32.1. The highest BCUT2D eigenvalue weighted by molar-refractivity contribution is 7.18. The number of anilines is 1. The topological polar surface area (TPSA) is 58.1 Å². The molecular formula is C14H18N4OS. The van der Waals surface area contributed by atoms with Crippen molar-refractivity contribution in [2.24, 2.45) is 0 Å². The van der Waals surface area contributed by atoms with Crippen molar-refractivity contribution in [2.45, 2.75) is 32.2 Å². The van der Waals surface area contributed by atoms with E-state index in [1.165, 1.54) is 4.88 Å². The Morgan fingerprint density at radius 3 is 3.15 bits per heavy atom. The van der Waals surface area contributed by atoms with Gasteiger partial charge in [-0.25, -0.2) is 9.97 Å². The number of carbonyl (C=O) groups is 1. The second-order valence-corrected chi connectivity index (χ2v) is 6.06. The van der Waals surface area contributed by atoms with Crippen LogP contribution in [0.3, 0.4) is 0 Å². The number of rotatable bonds is 3. The SMILES string of the molecule is CCc1cc2c(N3CCCC3C(=O)NC)ncnc2s1. The first kappa shape index (κ1) is 13.3. The monoisotopic (exact) mass is 290 g/mol. The van der Waals surface area contributed by atoms with Gasteiger partial charge in [-0.3, -0.25) is 4.79 Å². The van der Waals surface area contributed by atoms with E-state index in [1.807, 2.05) is 0 Å². The van der Waals surface area contributed by atoms with E-state index in [2.05, 4.69) is 33.2 Å². The first-order chi connectivity index (χ1) is 9.74. The van der Waals surface area contributed by atoms with Crippen LogP contribution in [0.1, 0.15) is 24.6 Å². The van der Waals surface area contributed by atoms with Crippen molar-refractivity contribution in [1.82, 2.24) is 15.3 Å². The van der Waals surface area contributed by atoms with E-state index in [-0.39, 0.29) is 11.9 Å². The van der Waals surface area contributed by atoms with Gasteiger partial charge in [-0.2, -0.15) is 0 Å². The third-order valence-electron chi connectivity index (χ3n) is 3.78. The molecule has 2 aromatic rings. The number of amides is 1. The number of thiophene rings is 1. The summed E-state index contributed by atoms with van der Waals surface area (Å²) >= 11 is 1.71. The molecule has 6 heteroatoms. The van der Waals surface area contributed by atoms with Crippen LogP contribution in [0.2, 0.25) is 0 Å². The molecule has 1 N–H and O–H groups in total. The molecule has 1 fully saturated rings. The van der Waals surface area contributed by atoms with Gasteiger partial charge >= 0.3 is 0 Å². The largest absolute Gasteiger partial charge is 0.357 e.